The van der Waals surface area contributed by atoms with Gasteiger partial charge in [-0.25, -0.2) is 0 Å². The third kappa shape index (κ3) is 4.89. The minimum atomic E-state index is -0.944. The van der Waals surface area contributed by atoms with Crippen LogP contribution in [0, 0.1) is 19.3 Å². The molecule has 0 saturated carbocycles. The molecule has 110 valence electrons. The van der Waals surface area contributed by atoms with Gasteiger partial charge in [0.25, 0.3) is 0 Å². The maximum Gasteiger partial charge on any atom is 0.310 e. The van der Waals surface area contributed by atoms with E-state index in [4.69, 9.17) is 5.11 Å². The Morgan fingerprint density at radius 3 is 2.50 bits per heavy atom. The number of rotatable bonds is 6. The standard InChI is InChI=1S/C15H21NO3S/c1-10-5-6-12(11(2)7-10)20-8-13(17)16-9-15(3,4)14(18)19/h5-7H,8-9H2,1-4H3,(H,16,17)(H,18,19). The maximum atomic E-state index is 11.7. The first-order valence-electron chi connectivity index (χ1n) is 6.42. The Kier molecular flexibility index (Phi) is 5.62. The fourth-order valence-electron chi connectivity index (χ4n) is 1.55. The quantitative estimate of drug-likeness (QED) is 0.792. The lowest BCUT2D eigenvalue weighted by atomic mass is 9.94. The summed E-state index contributed by atoms with van der Waals surface area (Å²) in [5, 5.41) is 11.6. The van der Waals surface area contributed by atoms with Gasteiger partial charge in [-0.1, -0.05) is 17.7 Å². The molecule has 2 N–H and O–H groups in total. The number of amides is 1. The number of thioether (sulfide) groups is 1. The molecule has 1 aromatic rings. The van der Waals surface area contributed by atoms with Crippen LogP contribution < -0.4 is 5.32 Å². The summed E-state index contributed by atoms with van der Waals surface area (Å²) >= 11 is 1.46. The van der Waals surface area contributed by atoms with Gasteiger partial charge in [-0.3, -0.25) is 9.59 Å². The Morgan fingerprint density at radius 1 is 1.30 bits per heavy atom. The Morgan fingerprint density at radius 2 is 1.95 bits per heavy atom. The van der Waals surface area contributed by atoms with Crippen LogP contribution in [0.4, 0.5) is 0 Å². The minimum Gasteiger partial charge on any atom is -0.481 e. The van der Waals surface area contributed by atoms with E-state index in [-0.39, 0.29) is 12.5 Å². The van der Waals surface area contributed by atoms with Crippen LogP contribution >= 0.6 is 11.8 Å². The van der Waals surface area contributed by atoms with Gasteiger partial charge in [-0.15, -0.1) is 11.8 Å². The molecule has 0 bridgehead atoms. The van der Waals surface area contributed by atoms with Crippen LogP contribution in [0.5, 0.6) is 0 Å². The molecule has 0 radical (unpaired) electrons. The summed E-state index contributed by atoms with van der Waals surface area (Å²) in [6.07, 6.45) is 0. The van der Waals surface area contributed by atoms with Crippen molar-refractivity contribution in [3.63, 3.8) is 0 Å². The monoisotopic (exact) mass is 295 g/mol. The molecule has 1 aromatic carbocycles. The van der Waals surface area contributed by atoms with Crippen LogP contribution in [-0.2, 0) is 9.59 Å². The van der Waals surface area contributed by atoms with Crippen molar-refractivity contribution in [2.24, 2.45) is 5.41 Å². The lowest BCUT2D eigenvalue weighted by Crippen LogP contribution is -2.39. The van der Waals surface area contributed by atoms with E-state index in [1.54, 1.807) is 13.8 Å². The van der Waals surface area contributed by atoms with Crippen molar-refractivity contribution in [1.29, 1.82) is 0 Å². The van der Waals surface area contributed by atoms with Gasteiger partial charge in [0.15, 0.2) is 0 Å². The van der Waals surface area contributed by atoms with Crippen molar-refractivity contribution >= 4 is 23.6 Å². The van der Waals surface area contributed by atoms with E-state index < -0.39 is 11.4 Å². The number of aryl methyl sites for hydroxylation is 2. The van der Waals surface area contributed by atoms with Gasteiger partial charge in [0.05, 0.1) is 11.2 Å². The Balaban J connectivity index is 2.46. The van der Waals surface area contributed by atoms with Crippen LogP contribution in [0.2, 0.25) is 0 Å². The highest BCUT2D eigenvalue weighted by atomic mass is 32.2. The molecular weight excluding hydrogens is 274 g/mol. The van der Waals surface area contributed by atoms with Crippen LogP contribution in [-0.4, -0.2) is 29.3 Å². The Labute approximate surface area is 124 Å². The van der Waals surface area contributed by atoms with Gasteiger partial charge in [0, 0.05) is 11.4 Å². The number of aliphatic carboxylic acids is 1. The second kappa shape index (κ2) is 6.79. The zero-order valence-corrected chi connectivity index (χ0v) is 13.1. The van der Waals surface area contributed by atoms with E-state index in [0.717, 1.165) is 10.5 Å². The highest BCUT2D eigenvalue weighted by Gasteiger charge is 2.27. The van der Waals surface area contributed by atoms with E-state index in [1.165, 1.54) is 17.3 Å². The third-order valence-corrected chi connectivity index (χ3v) is 4.17. The average molecular weight is 295 g/mol. The topological polar surface area (TPSA) is 66.4 Å². The van der Waals surface area contributed by atoms with Gasteiger partial charge in [-0.2, -0.15) is 0 Å². The molecule has 0 aliphatic carbocycles. The number of hydrogen-bond acceptors (Lipinski definition) is 3. The molecule has 0 aliphatic heterocycles. The van der Waals surface area contributed by atoms with E-state index >= 15 is 0 Å². The van der Waals surface area contributed by atoms with Gasteiger partial charge in [-0.05, 0) is 39.3 Å². The second-order valence-corrected chi connectivity index (χ2v) is 6.54. The molecule has 0 saturated heterocycles. The summed E-state index contributed by atoms with van der Waals surface area (Å²) in [5.41, 5.74) is 1.40. The summed E-state index contributed by atoms with van der Waals surface area (Å²) in [4.78, 5) is 23.7. The number of carboxylic acids is 1. The molecule has 0 atom stereocenters. The van der Waals surface area contributed by atoms with Crippen LogP contribution in [0.1, 0.15) is 25.0 Å². The molecule has 4 nitrogen and oxygen atoms in total. The summed E-state index contributed by atoms with van der Waals surface area (Å²) in [6.45, 7) is 7.36. The van der Waals surface area contributed by atoms with Crippen LogP contribution in [0.3, 0.4) is 0 Å². The third-order valence-electron chi connectivity index (χ3n) is 3.00. The second-order valence-electron chi connectivity index (χ2n) is 5.52. The summed E-state index contributed by atoms with van der Waals surface area (Å²) in [6, 6.07) is 6.10. The van der Waals surface area contributed by atoms with Crippen LogP contribution in [0.15, 0.2) is 23.1 Å². The lowest BCUT2D eigenvalue weighted by molar-refractivity contribution is -0.146. The maximum absolute atomic E-state index is 11.7. The first kappa shape index (κ1) is 16.6. The fraction of sp³-hybridized carbons (Fsp3) is 0.467. The smallest absolute Gasteiger partial charge is 0.310 e. The molecular formula is C15H21NO3S. The zero-order valence-electron chi connectivity index (χ0n) is 12.3. The fourth-order valence-corrected chi connectivity index (χ4v) is 2.39. The molecule has 0 fully saturated rings. The number of carbonyl (C=O) groups excluding carboxylic acids is 1. The molecule has 5 heteroatoms. The molecule has 1 amide bonds. The van der Waals surface area contributed by atoms with Gasteiger partial charge >= 0.3 is 5.97 Å². The van der Waals surface area contributed by atoms with Crippen molar-refractivity contribution in [3.8, 4) is 0 Å². The van der Waals surface area contributed by atoms with Crippen molar-refractivity contribution in [3.05, 3.63) is 29.3 Å². The molecule has 0 heterocycles. The average Bonchev–Trinajstić information content (AvgIpc) is 2.35. The van der Waals surface area contributed by atoms with Gasteiger partial charge in [0.2, 0.25) is 5.91 Å². The van der Waals surface area contributed by atoms with Crippen LogP contribution in [0.25, 0.3) is 0 Å². The van der Waals surface area contributed by atoms with Crippen molar-refractivity contribution in [2.75, 3.05) is 12.3 Å². The predicted molar refractivity (Wildman–Crippen MR) is 81.1 cm³/mol. The van der Waals surface area contributed by atoms with Gasteiger partial charge in [0.1, 0.15) is 0 Å². The molecule has 0 unspecified atom stereocenters. The number of hydrogen-bond donors (Lipinski definition) is 2. The molecule has 20 heavy (non-hydrogen) atoms. The molecule has 0 spiro atoms. The zero-order chi connectivity index (χ0) is 15.3. The van der Waals surface area contributed by atoms with E-state index in [9.17, 15) is 9.59 Å². The Bertz CT molecular complexity index is 512. The number of carbonyl (C=O) groups is 2. The molecule has 1 rings (SSSR count). The largest absolute Gasteiger partial charge is 0.481 e. The molecule has 0 aromatic heterocycles. The summed E-state index contributed by atoms with van der Waals surface area (Å²) < 4.78 is 0. The summed E-state index contributed by atoms with van der Waals surface area (Å²) in [5.74, 6) is -0.774. The lowest BCUT2D eigenvalue weighted by Gasteiger charge is -2.19. The highest BCUT2D eigenvalue weighted by Crippen LogP contribution is 2.23. The van der Waals surface area contributed by atoms with Crippen molar-refractivity contribution in [1.82, 2.24) is 5.32 Å². The highest BCUT2D eigenvalue weighted by molar-refractivity contribution is 8.00. The number of nitrogens with one attached hydrogen (secondary N) is 1. The normalized spacial score (nSPS) is 11.2. The first-order valence-corrected chi connectivity index (χ1v) is 7.41. The van der Waals surface area contributed by atoms with Crippen molar-refractivity contribution < 1.29 is 14.7 Å². The minimum absolute atomic E-state index is 0.134. The van der Waals surface area contributed by atoms with Crippen molar-refractivity contribution in [2.45, 2.75) is 32.6 Å². The van der Waals surface area contributed by atoms with E-state index in [0.29, 0.717) is 5.75 Å². The number of carboxylic acid groups (broad SMARTS) is 1. The number of benzene rings is 1. The van der Waals surface area contributed by atoms with E-state index in [2.05, 4.69) is 11.4 Å². The van der Waals surface area contributed by atoms with E-state index in [1.807, 2.05) is 26.0 Å². The van der Waals surface area contributed by atoms with Gasteiger partial charge < -0.3 is 10.4 Å². The SMILES string of the molecule is Cc1ccc(SCC(=O)NCC(C)(C)C(=O)O)c(C)c1. The predicted octanol–water partition coefficient (Wildman–Crippen LogP) is 2.62. The first-order chi connectivity index (χ1) is 9.22. The molecule has 0 aliphatic rings. The summed E-state index contributed by atoms with van der Waals surface area (Å²) in [7, 11) is 0. The Hall–Kier alpha value is -1.49.